The van der Waals surface area contributed by atoms with Crippen LogP contribution < -0.4 is 5.14 Å². The van der Waals surface area contributed by atoms with Gasteiger partial charge in [0.15, 0.2) is 0 Å². The summed E-state index contributed by atoms with van der Waals surface area (Å²) in [5, 5.41) is 9.67. The number of nitrogens with two attached hydrogens (primary N) is 1. The zero-order valence-electron chi connectivity index (χ0n) is 12.0. The molecule has 3 rings (SSSR count). The Morgan fingerprint density at radius 2 is 1.86 bits per heavy atom. The van der Waals surface area contributed by atoms with Crippen molar-refractivity contribution < 1.29 is 8.42 Å². The summed E-state index contributed by atoms with van der Waals surface area (Å²) >= 11 is 0. The molecule has 22 heavy (non-hydrogen) atoms. The van der Waals surface area contributed by atoms with E-state index in [0.717, 1.165) is 27.9 Å². The lowest BCUT2D eigenvalue weighted by Gasteiger charge is -2.04. The largest absolute Gasteiger partial charge is 0.240 e. The molecule has 2 aromatic heterocycles. The topological polar surface area (TPSA) is 77.5 Å². The van der Waals surface area contributed by atoms with E-state index < -0.39 is 10.0 Å². The van der Waals surface area contributed by atoms with Crippen molar-refractivity contribution in [3.8, 4) is 11.1 Å². The van der Waals surface area contributed by atoms with Crippen molar-refractivity contribution in [3.05, 3.63) is 60.9 Å². The van der Waals surface area contributed by atoms with E-state index in [1.807, 2.05) is 31.3 Å². The van der Waals surface area contributed by atoms with Gasteiger partial charge in [0.25, 0.3) is 0 Å². The van der Waals surface area contributed by atoms with Crippen LogP contribution in [0.15, 0.2) is 60.1 Å². The minimum atomic E-state index is -3.70. The Hall–Kier alpha value is -2.44. The number of aromatic nitrogens is 2. The minimum Gasteiger partial charge on any atom is -0.240 e. The molecule has 2 heterocycles. The number of sulfonamides is 1. The highest BCUT2D eigenvalue weighted by molar-refractivity contribution is 7.89. The van der Waals surface area contributed by atoms with Crippen LogP contribution in [0.5, 0.6) is 0 Å². The molecule has 0 unspecified atom stereocenters. The molecule has 1 aromatic carbocycles. The second-order valence-electron chi connectivity index (χ2n) is 5.10. The van der Waals surface area contributed by atoms with Gasteiger partial charge in [-0.2, -0.15) is 5.10 Å². The SMILES string of the molecule is C=C(C)c1nn2ccccc2c1-c1ccc(S(N)(=O)=O)cc1. The van der Waals surface area contributed by atoms with E-state index in [2.05, 4.69) is 11.7 Å². The quantitative estimate of drug-likeness (QED) is 0.807. The third-order valence-electron chi connectivity index (χ3n) is 3.42. The Bertz CT molecular complexity index is 970. The molecule has 112 valence electrons. The van der Waals surface area contributed by atoms with E-state index in [0.29, 0.717) is 0 Å². The summed E-state index contributed by atoms with van der Waals surface area (Å²) < 4.78 is 24.5. The van der Waals surface area contributed by atoms with Crippen molar-refractivity contribution >= 4 is 21.1 Å². The summed E-state index contributed by atoms with van der Waals surface area (Å²) in [6, 6.07) is 12.3. The summed E-state index contributed by atoms with van der Waals surface area (Å²) in [6.45, 7) is 5.86. The number of hydrogen-bond donors (Lipinski definition) is 1. The monoisotopic (exact) mass is 313 g/mol. The first-order valence-electron chi connectivity index (χ1n) is 6.64. The van der Waals surface area contributed by atoms with Crippen LogP contribution in [0.2, 0.25) is 0 Å². The number of nitrogens with zero attached hydrogens (tertiary/aromatic N) is 2. The predicted octanol–water partition coefficient (Wildman–Crippen LogP) is 2.68. The Labute approximate surface area is 128 Å². The van der Waals surface area contributed by atoms with E-state index in [1.54, 1.807) is 16.6 Å². The number of rotatable bonds is 3. The van der Waals surface area contributed by atoms with Gasteiger partial charge >= 0.3 is 0 Å². The third-order valence-corrected chi connectivity index (χ3v) is 4.34. The van der Waals surface area contributed by atoms with Crippen LogP contribution in [0.25, 0.3) is 22.2 Å². The number of benzene rings is 1. The molecule has 0 bridgehead atoms. The van der Waals surface area contributed by atoms with Crippen LogP contribution >= 0.6 is 0 Å². The smallest absolute Gasteiger partial charge is 0.238 e. The molecule has 0 radical (unpaired) electrons. The lowest BCUT2D eigenvalue weighted by molar-refractivity contribution is 0.598. The summed E-state index contributed by atoms with van der Waals surface area (Å²) in [7, 11) is -3.70. The number of allylic oxidation sites excluding steroid dienone is 1. The number of pyridine rings is 1. The Morgan fingerprint density at radius 3 is 2.45 bits per heavy atom. The number of primary sulfonamides is 1. The molecule has 0 saturated carbocycles. The van der Waals surface area contributed by atoms with Crippen molar-refractivity contribution in [2.24, 2.45) is 5.14 Å². The average molecular weight is 313 g/mol. The van der Waals surface area contributed by atoms with E-state index in [1.165, 1.54) is 12.1 Å². The molecule has 3 aromatic rings. The second-order valence-corrected chi connectivity index (χ2v) is 6.67. The lowest BCUT2D eigenvalue weighted by atomic mass is 10.0. The van der Waals surface area contributed by atoms with Crippen LogP contribution in [-0.4, -0.2) is 18.0 Å². The van der Waals surface area contributed by atoms with Crippen LogP contribution in [0, 0.1) is 0 Å². The zero-order valence-corrected chi connectivity index (χ0v) is 12.8. The fourth-order valence-electron chi connectivity index (χ4n) is 2.39. The van der Waals surface area contributed by atoms with Gasteiger partial charge in [-0.3, -0.25) is 0 Å². The fourth-order valence-corrected chi connectivity index (χ4v) is 2.91. The zero-order chi connectivity index (χ0) is 15.9. The molecule has 0 spiro atoms. The molecule has 0 fully saturated rings. The summed E-state index contributed by atoms with van der Waals surface area (Å²) in [5.41, 5.74) is 4.35. The molecular weight excluding hydrogens is 298 g/mol. The maximum atomic E-state index is 11.4. The highest BCUT2D eigenvalue weighted by atomic mass is 32.2. The maximum absolute atomic E-state index is 11.4. The van der Waals surface area contributed by atoms with Crippen molar-refractivity contribution in [1.82, 2.24) is 9.61 Å². The minimum absolute atomic E-state index is 0.0876. The van der Waals surface area contributed by atoms with E-state index in [9.17, 15) is 8.42 Å². The van der Waals surface area contributed by atoms with Crippen molar-refractivity contribution in [1.29, 1.82) is 0 Å². The van der Waals surface area contributed by atoms with E-state index in [4.69, 9.17) is 5.14 Å². The molecule has 5 nitrogen and oxygen atoms in total. The molecule has 0 saturated heterocycles. The molecule has 0 aliphatic heterocycles. The molecule has 2 N–H and O–H groups in total. The van der Waals surface area contributed by atoms with Gasteiger partial charge in [-0.05, 0) is 42.3 Å². The van der Waals surface area contributed by atoms with Gasteiger partial charge in [0, 0.05) is 11.8 Å². The highest BCUT2D eigenvalue weighted by Gasteiger charge is 2.16. The Morgan fingerprint density at radius 1 is 1.18 bits per heavy atom. The molecule has 0 amide bonds. The van der Waals surface area contributed by atoms with Gasteiger partial charge in [-0.15, -0.1) is 0 Å². The van der Waals surface area contributed by atoms with Gasteiger partial charge < -0.3 is 0 Å². The molecule has 0 atom stereocenters. The summed E-state index contributed by atoms with van der Waals surface area (Å²) in [6.07, 6.45) is 1.87. The number of hydrogen-bond acceptors (Lipinski definition) is 3. The Kier molecular flexibility index (Phi) is 3.35. The van der Waals surface area contributed by atoms with Gasteiger partial charge in [-0.25, -0.2) is 18.1 Å². The fraction of sp³-hybridized carbons (Fsp3) is 0.0625. The van der Waals surface area contributed by atoms with Gasteiger partial charge in [0.2, 0.25) is 10.0 Å². The summed E-state index contributed by atoms with van der Waals surface area (Å²) in [4.78, 5) is 0.0876. The van der Waals surface area contributed by atoms with Crippen LogP contribution in [0.4, 0.5) is 0 Å². The van der Waals surface area contributed by atoms with E-state index in [-0.39, 0.29) is 4.90 Å². The molecule has 6 heteroatoms. The van der Waals surface area contributed by atoms with Gasteiger partial charge in [0.1, 0.15) is 0 Å². The predicted molar refractivity (Wildman–Crippen MR) is 86.7 cm³/mol. The molecular formula is C16H15N3O2S. The van der Waals surface area contributed by atoms with Crippen LogP contribution in [-0.2, 0) is 10.0 Å². The molecule has 0 aliphatic rings. The van der Waals surface area contributed by atoms with Crippen LogP contribution in [0.3, 0.4) is 0 Å². The van der Waals surface area contributed by atoms with Crippen molar-refractivity contribution in [2.75, 3.05) is 0 Å². The highest BCUT2D eigenvalue weighted by Crippen LogP contribution is 2.32. The average Bonchev–Trinajstić information content (AvgIpc) is 2.86. The molecule has 0 aliphatic carbocycles. The lowest BCUT2D eigenvalue weighted by Crippen LogP contribution is -2.11. The Balaban J connectivity index is 2.25. The maximum Gasteiger partial charge on any atom is 0.238 e. The first-order valence-corrected chi connectivity index (χ1v) is 8.19. The van der Waals surface area contributed by atoms with Gasteiger partial charge in [-0.1, -0.05) is 24.8 Å². The normalized spacial score (nSPS) is 11.7. The van der Waals surface area contributed by atoms with E-state index >= 15 is 0 Å². The standard InChI is InChI=1S/C16H15N3O2S/c1-11(2)16-15(14-5-3-4-10-19(14)18-16)12-6-8-13(9-7-12)22(17,20)21/h3-10H,1H2,2H3,(H2,17,20,21). The van der Waals surface area contributed by atoms with Crippen molar-refractivity contribution in [2.45, 2.75) is 11.8 Å². The van der Waals surface area contributed by atoms with Crippen molar-refractivity contribution in [3.63, 3.8) is 0 Å². The first kappa shape index (κ1) is 14.5. The number of fused-ring (bicyclic) bond motifs is 1. The second kappa shape index (κ2) is 5.08. The van der Waals surface area contributed by atoms with Gasteiger partial charge in [0.05, 0.1) is 16.1 Å². The first-order chi connectivity index (χ1) is 10.4. The summed E-state index contributed by atoms with van der Waals surface area (Å²) in [5.74, 6) is 0. The third kappa shape index (κ3) is 2.43. The van der Waals surface area contributed by atoms with Crippen LogP contribution in [0.1, 0.15) is 12.6 Å².